The van der Waals surface area contributed by atoms with E-state index in [4.69, 9.17) is 16.8 Å². The fourth-order valence-corrected chi connectivity index (χ4v) is 6.64. The van der Waals surface area contributed by atoms with E-state index in [1.54, 1.807) is 0 Å². The van der Waals surface area contributed by atoms with Crippen LogP contribution in [0.3, 0.4) is 0 Å². The topological polar surface area (TPSA) is 25.8 Å². The molecule has 0 saturated heterocycles. The number of rotatable bonds is 5. The molecule has 0 spiro atoms. The molecule has 9 rings (SSSR count). The van der Waals surface area contributed by atoms with Crippen LogP contribution in [0.25, 0.3) is 88.5 Å². The Hall–Kier alpha value is -6.38. The van der Waals surface area contributed by atoms with Gasteiger partial charge < -0.3 is 0 Å². The summed E-state index contributed by atoms with van der Waals surface area (Å²) in [4.78, 5) is 9.72. The minimum absolute atomic E-state index is 0.0376. The van der Waals surface area contributed by atoms with Gasteiger partial charge in [-0.1, -0.05) is 164 Å². The van der Waals surface area contributed by atoms with Crippen molar-refractivity contribution in [1.82, 2.24) is 9.97 Å². The van der Waals surface area contributed by atoms with Crippen molar-refractivity contribution in [2.75, 3.05) is 0 Å². The summed E-state index contributed by atoms with van der Waals surface area (Å²) in [6.45, 7) is 0. The summed E-state index contributed by atoms with van der Waals surface area (Å²) in [5.74, 6) is 0.0654. The van der Waals surface area contributed by atoms with Crippen molar-refractivity contribution < 1.29 is 6.85 Å². The van der Waals surface area contributed by atoms with Gasteiger partial charge in [0.1, 0.15) is 0 Å². The van der Waals surface area contributed by atoms with E-state index in [1.165, 1.54) is 21.5 Å². The van der Waals surface area contributed by atoms with E-state index in [1.807, 2.05) is 72.8 Å². The second-order valence-corrected chi connectivity index (χ2v) is 11.8. The fourth-order valence-electron chi connectivity index (χ4n) is 6.64. The van der Waals surface area contributed by atoms with Gasteiger partial charge in [-0.15, -0.1) is 0 Å². The maximum Gasteiger partial charge on any atom is 0.160 e. The number of fused-ring (bicyclic) bond motifs is 4. The average molecular weight is 616 g/mol. The molecule has 2 heteroatoms. The number of hydrogen-bond acceptors (Lipinski definition) is 2. The summed E-state index contributed by atoms with van der Waals surface area (Å²) in [7, 11) is 0. The van der Waals surface area contributed by atoms with Gasteiger partial charge in [-0.25, -0.2) is 9.97 Å². The summed E-state index contributed by atoms with van der Waals surface area (Å²) in [5, 5.41) is 7.09. The average Bonchev–Trinajstić information content (AvgIpc) is 3.21. The predicted octanol–water partition coefficient (Wildman–Crippen LogP) is 12.3. The lowest BCUT2D eigenvalue weighted by atomic mass is 9.89. The van der Waals surface area contributed by atoms with Gasteiger partial charge in [0.15, 0.2) is 5.82 Å². The van der Waals surface area contributed by atoms with Crippen LogP contribution in [0.2, 0.25) is 0 Å². The first-order valence-electron chi connectivity index (χ1n) is 18.4. The summed E-state index contributed by atoms with van der Waals surface area (Å²) >= 11 is 0. The van der Waals surface area contributed by atoms with Gasteiger partial charge in [0, 0.05) is 16.7 Å². The maximum absolute atomic E-state index is 8.72. The second kappa shape index (κ2) is 11.8. The molecule has 1 aromatic heterocycles. The monoisotopic (exact) mass is 615 g/mol. The molecule has 2 nitrogen and oxygen atoms in total. The van der Waals surface area contributed by atoms with E-state index in [0.29, 0.717) is 11.4 Å². The van der Waals surface area contributed by atoms with Crippen LogP contribution in [0.1, 0.15) is 6.85 Å². The lowest BCUT2D eigenvalue weighted by molar-refractivity contribution is 1.18. The van der Waals surface area contributed by atoms with Gasteiger partial charge in [-0.2, -0.15) is 0 Å². The molecule has 0 N–H and O–H groups in total. The molecule has 8 aromatic carbocycles. The van der Waals surface area contributed by atoms with Crippen molar-refractivity contribution in [2.45, 2.75) is 0 Å². The van der Waals surface area contributed by atoms with Crippen molar-refractivity contribution in [1.29, 1.82) is 0 Å². The normalized spacial score (nSPS) is 12.8. The van der Waals surface area contributed by atoms with Crippen LogP contribution in [-0.4, -0.2) is 9.97 Å². The summed E-state index contributed by atoms with van der Waals surface area (Å²) in [5.41, 5.74) is 7.00. The molecule has 0 aliphatic rings. The summed E-state index contributed by atoms with van der Waals surface area (Å²) in [6, 6.07) is 49.8. The largest absolute Gasteiger partial charge is 0.228 e. The third kappa shape index (κ3) is 5.01. The highest BCUT2D eigenvalue weighted by Crippen LogP contribution is 2.40. The Morgan fingerprint density at radius 1 is 0.354 bits per heavy atom. The fraction of sp³-hybridized carbons (Fsp3) is 0. The van der Waals surface area contributed by atoms with E-state index in [-0.39, 0.29) is 23.5 Å². The Labute approximate surface area is 286 Å². The number of aromatic nitrogens is 2. The smallest absolute Gasteiger partial charge is 0.160 e. The summed E-state index contributed by atoms with van der Waals surface area (Å²) in [6.07, 6.45) is 0. The molecule has 0 unspecified atom stereocenters. The van der Waals surface area contributed by atoms with E-state index >= 15 is 0 Å². The lowest BCUT2D eigenvalue weighted by Crippen LogP contribution is -1.96. The van der Waals surface area contributed by atoms with Crippen LogP contribution in [-0.2, 0) is 0 Å². The Morgan fingerprint density at radius 2 is 1.00 bits per heavy atom. The van der Waals surface area contributed by atoms with Crippen LogP contribution in [0.4, 0.5) is 0 Å². The molecule has 224 valence electrons. The molecule has 0 fully saturated rings. The zero-order valence-corrected chi connectivity index (χ0v) is 25.8. The first-order chi connectivity index (χ1) is 25.9. The molecule has 0 saturated carbocycles. The molecule has 0 aliphatic heterocycles. The first-order valence-corrected chi connectivity index (χ1v) is 15.9. The van der Waals surface area contributed by atoms with E-state index in [0.717, 1.165) is 44.2 Å². The maximum atomic E-state index is 8.72. The number of nitrogens with zero attached hydrogens (tertiary/aromatic N) is 2. The van der Waals surface area contributed by atoms with Crippen LogP contribution < -0.4 is 0 Å². The lowest BCUT2D eigenvalue weighted by Gasteiger charge is -2.15. The van der Waals surface area contributed by atoms with Gasteiger partial charge in [0.2, 0.25) is 0 Å². The quantitative estimate of drug-likeness (QED) is 0.142. The van der Waals surface area contributed by atoms with Gasteiger partial charge in [0.05, 0.1) is 18.2 Å². The van der Waals surface area contributed by atoms with Crippen LogP contribution >= 0.6 is 0 Å². The molecule has 0 radical (unpaired) electrons. The van der Waals surface area contributed by atoms with E-state index in [9.17, 15) is 0 Å². The highest BCUT2D eigenvalue weighted by atomic mass is 14.9. The zero-order valence-electron chi connectivity index (χ0n) is 30.8. The second-order valence-electron chi connectivity index (χ2n) is 11.8. The SMILES string of the molecule is [2H]c1c([2H])c([2H])c(-c2nc(-c3ccc(-c4c5ccccc5cc5c4ccc4ccccc45)cc3)cc(-c3cccc(-c4ccccc4)c3)n2)c([2H])c1[2H]. The van der Waals surface area contributed by atoms with Gasteiger partial charge in [0.25, 0.3) is 0 Å². The molecular formula is C46H30N2. The Morgan fingerprint density at radius 3 is 1.81 bits per heavy atom. The first kappa shape index (κ1) is 23.0. The molecule has 48 heavy (non-hydrogen) atoms. The minimum atomic E-state index is -0.458. The van der Waals surface area contributed by atoms with E-state index < -0.39 is 18.1 Å². The molecule has 0 bridgehead atoms. The van der Waals surface area contributed by atoms with Crippen molar-refractivity contribution in [3.05, 3.63) is 182 Å². The van der Waals surface area contributed by atoms with Crippen molar-refractivity contribution in [2.24, 2.45) is 0 Å². The minimum Gasteiger partial charge on any atom is -0.228 e. The van der Waals surface area contributed by atoms with Crippen molar-refractivity contribution in [3.63, 3.8) is 0 Å². The summed E-state index contributed by atoms with van der Waals surface area (Å²) < 4.78 is 42.3. The molecule has 0 amide bonds. The van der Waals surface area contributed by atoms with Crippen LogP contribution in [0, 0.1) is 0 Å². The van der Waals surface area contributed by atoms with Gasteiger partial charge in [-0.05, 0) is 72.8 Å². The van der Waals surface area contributed by atoms with Crippen LogP contribution in [0.15, 0.2) is 182 Å². The Bertz CT molecular complexity index is 2860. The standard InChI is InChI=1S/C46H30N2/c1-3-12-31(13-4-1)36-18-11-19-38(28-36)44-30-43(47-46(48-44)35-15-5-2-6-16-35)33-22-24-34(25-23-33)45-40-21-10-8-17-37(40)29-42-39-20-9-7-14-32(39)26-27-41(42)45/h1-30H/i2D,5D,6D,15D,16D. The van der Waals surface area contributed by atoms with Crippen LogP contribution in [0.5, 0.6) is 0 Å². The van der Waals surface area contributed by atoms with Gasteiger partial charge >= 0.3 is 0 Å². The number of hydrogen-bond donors (Lipinski definition) is 0. The highest BCUT2D eigenvalue weighted by molar-refractivity contribution is 6.20. The molecule has 9 aromatic rings. The third-order valence-electron chi connectivity index (χ3n) is 8.95. The molecular weight excluding hydrogens is 581 g/mol. The zero-order chi connectivity index (χ0) is 36.2. The Balaban J connectivity index is 1.23. The molecule has 0 atom stereocenters. The third-order valence-corrected chi connectivity index (χ3v) is 8.95. The molecule has 0 aliphatic carbocycles. The van der Waals surface area contributed by atoms with Crippen molar-refractivity contribution in [3.8, 4) is 56.2 Å². The van der Waals surface area contributed by atoms with E-state index in [2.05, 4.69) is 78.9 Å². The Kier molecular flexibility index (Phi) is 5.64. The van der Waals surface area contributed by atoms with Gasteiger partial charge in [-0.3, -0.25) is 0 Å². The number of benzene rings is 8. The predicted molar refractivity (Wildman–Crippen MR) is 202 cm³/mol. The van der Waals surface area contributed by atoms with Crippen molar-refractivity contribution >= 4 is 32.3 Å². The molecule has 1 heterocycles. The highest BCUT2D eigenvalue weighted by Gasteiger charge is 2.15.